The number of hydrogen-bond donors (Lipinski definition) is 1. The van der Waals surface area contributed by atoms with Crippen LogP contribution in [0, 0.1) is 11.3 Å². The van der Waals surface area contributed by atoms with Crippen LogP contribution in [-0.4, -0.2) is 32.2 Å². The van der Waals surface area contributed by atoms with Crippen molar-refractivity contribution in [2.75, 3.05) is 25.6 Å². The van der Waals surface area contributed by atoms with Gasteiger partial charge in [0.2, 0.25) is 0 Å². The fourth-order valence-electron chi connectivity index (χ4n) is 2.26. The summed E-state index contributed by atoms with van der Waals surface area (Å²) in [4.78, 5) is 24.2. The number of benzene rings is 2. The standard InChI is InChI=1S/C20H19ClN2O5/c1-3-7-27-19-16(21)9-14(10-17(19)26-2)20(25)28-12-18(24)23-15-6-4-5-13(8-15)11-22/h4-6,8-10H,3,7,12H2,1-2H3,(H,23,24). The molecular weight excluding hydrogens is 384 g/mol. The second-order valence-corrected chi connectivity index (χ2v) is 6.06. The van der Waals surface area contributed by atoms with Gasteiger partial charge in [-0.05, 0) is 36.8 Å². The van der Waals surface area contributed by atoms with Crippen molar-refractivity contribution in [2.45, 2.75) is 13.3 Å². The maximum Gasteiger partial charge on any atom is 0.338 e. The number of ether oxygens (including phenoxy) is 3. The highest BCUT2D eigenvalue weighted by Crippen LogP contribution is 2.36. The number of halogens is 1. The molecule has 0 bridgehead atoms. The van der Waals surface area contributed by atoms with Crippen molar-refractivity contribution in [1.82, 2.24) is 0 Å². The minimum atomic E-state index is -0.733. The average Bonchev–Trinajstić information content (AvgIpc) is 2.70. The van der Waals surface area contributed by atoms with Crippen LogP contribution in [0.5, 0.6) is 11.5 Å². The van der Waals surface area contributed by atoms with Gasteiger partial charge in [0.25, 0.3) is 5.91 Å². The average molecular weight is 403 g/mol. The Labute approximate surface area is 167 Å². The van der Waals surface area contributed by atoms with Crippen LogP contribution in [0.15, 0.2) is 36.4 Å². The topological polar surface area (TPSA) is 97.6 Å². The van der Waals surface area contributed by atoms with Crippen LogP contribution >= 0.6 is 11.6 Å². The molecule has 146 valence electrons. The van der Waals surface area contributed by atoms with E-state index in [4.69, 9.17) is 31.1 Å². The Hall–Kier alpha value is -3.24. The van der Waals surface area contributed by atoms with E-state index in [1.165, 1.54) is 25.3 Å². The molecule has 0 spiro atoms. The van der Waals surface area contributed by atoms with Crippen molar-refractivity contribution in [2.24, 2.45) is 0 Å². The Morgan fingerprint density at radius 2 is 2.04 bits per heavy atom. The largest absolute Gasteiger partial charge is 0.493 e. The molecule has 2 rings (SSSR count). The summed E-state index contributed by atoms with van der Waals surface area (Å²) in [7, 11) is 1.43. The lowest BCUT2D eigenvalue weighted by Gasteiger charge is -2.13. The molecule has 0 saturated heterocycles. The van der Waals surface area contributed by atoms with Crippen LogP contribution in [0.4, 0.5) is 5.69 Å². The van der Waals surface area contributed by atoms with Gasteiger partial charge in [-0.1, -0.05) is 24.6 Å². The van der Waals surface area contributed by atoms with Gasteiger partial charge in [0.15, 0.2) is 18.1 Å². The molecule has 0 aromatic heterocycles. The zero-order valence-corrected chi connectivity index (χ0v) is 16.2. The number of nitrogens with one attached hydrogen (secondary N) is 1. The van der Waals surface area contributed by atoms with Crippen LogP contribution in [0.1, 0.15) is 29.3 Å². The van der Waals surface area contributed by atoms with Crippen LogP contribution < -0.4 is 14.8 Å². The molecule has 2 aromatic rings. The van der Waals surface area contributed by atoms with Gasteiger partial charge in [-0.25, -0.2) is 4.79 Å². The smallest absolute Gasteiger partial charge is 0.338 e. The molecule has 0 unspecified atom stereocenters. The SMILES string of the molecule is CCCOc1c(Cl)cc(C(=O)OCC(=O)Nc2cccc(C#N)c2)cc1OC. The van der Waals surface area contributed by atoms with Crippen molar-refractivity contribution < 1.29 is 23.8 Å². The molecule has 1 N–H and O–H groups in total. The number of amides is 1. The van der Waals surface area contributed by atoms with Gasteiger partial charge in [0.1, 0.15) is 0 Å². The molecule has 7 nitrogen and oxygen atoms in total. The Bertz CT molecular complexity index is 908. The second kappa shape index (κ2) is 10.2. The van der Waals surface area contributed by atoms with Gasteiger partial charge < -0.3 is 19.5 Å². The van der Waals surface area contributed by atoms with Crippen LogP contribution in [-0.2, 0) is 9.53 Å². The molecule has 28 heavy (non-hydrogen) atoms. The number of nitriles is 1. The van der Waals surface area contributed by atoms with Crippen LogP contribution in [0.3, 0.4) is 0 Å². The summed E-state index contributed by atoms with van der Waals surface area (Å²) in [5, 5.41) is 11.6. The van der Waals surface area contributed by atoms with Gasteiger partial charge >= 0.3 is 5.97 Å². The Balaban J connectivity index is 2.01. The molecule has 0 aliphatic carbocycles. The molecule has 0 heterocycles. The summed E-state index contributed by atoms with van der Waals surface area (Å²) in [5.74, 6) is -0.629. The lowest BCUT2D eigenvalue weighted by molar-refractivity contribution is -0.119. The Morgan fingerprint density at radius 1 is 1.25 bits per heavy atom. The van der Waals surface area contributed by atoms with E-state index in [1.54, 1.807) is 18.2 Å². The van der Waals surface area contributed by atoms with E-state index in [-0.39, 0.29) is 10.6 Å². The van der Waals surface area contributed by atoms with Gasteiger partial charge in [0.05, 0.1) is 35.9 Å². The maximum atomic E-state index is 12.2. The van der Waals surface area contributed by atoms with Crippen LogP contribution in [0.2, 0.25) is 5.02 Å². The minimum Gasteiger partial charge on any atom is -0.493 e. The van der Waals surface area contributed by atoms with E-state index in [2.05, 4.69) is 5.32 Å². The number of methoxy groups -OCH3 is 1. The van der Waals surface area contributed by atoms with Gasteiger partial charge in [0, 0.05) is 5.69 Å². The number of nitrogens with zero attached hydrogens (tertiary/aromatic N) is 1. The molecule has 0 aliphatic heterocycles. The van der Waals surface area contributed by atoms with E-state index in [9.17, 15) is 9.59 Å². The quantitative estimate of drug-likeness (QED) is 0.674. The van der Waals surface area contributed by atoms with E-state index < -0.39 is 18.5 Å². The third-order valence-corrected chi connectivity index (χ3v) is 3.81. The van der Waals surface area contributed by atoms with Crippen molar-refractivity contribution in [3.05, 3.63) is 52.5 Å². The second-order valence-electron chi connectivity index (χ2n) is 5.65. The van der Waals surface area contributed by atoms with Gasteiger partial charge in [-0.2, -0.15) is 5.26 Å². The first-order valence-electron chi connectivity index (χ1n) is 8.46. The fraction of sp³-hybridized carbons (Fsp3) is 0.250. The van der Waals surface area contributed by atoms with Crippen LogP contribution in [0.25, 0.3) is 0 Å². The molecule has 8 heteroatoms. The zero-order chi connectivity index (χ0) is 20.5. The minimum absolute atomic E-state index is 0.130. The third kappa shape index (κ3) is 5.63. The van der Waals surface area contributed by atoms with Crippen molar-refractivity contribution in [1.29, 1.82) is 5.26 Å². The Kier molecular flexibility index (Phi) is 7.66. The van der Waals surface area contributed by atoms with E-state index in [0.29, 0.717) is 29.4 Å². The van der Waals surface area contributed by atoms with Crippen molar-refractivity contribution in [3.8, 4) is 17.6 Å². The summed E-state index contributed by atoms with van der Waals surface area (Å²) in [5.41, 5.74) is 0.967. The van der Waals surface area contributed by atoms with E-state index in [0.717, 1.165) is 6.42 Å². The molecule has 0 atom stereocenters. The predicted octanol–water partition coefficient (Wildman–Crippen LogP) is 3.80. The summed E-state index contributed by atoms with van der Waals surface area (Å²) >= 11 is 6.17. The molecule has 0 radical (unpaired) electrons. The number of rotatable bonds is 8. The molecular formula is C20H19ClN2O5. The fourth-order valence-corrected chi connectivity index (χ4v) is 2.53. The van der Waals surface area contributed by atoms with E-state index in [1.807, 2.05) is 13.0 Å². The summed E-state index contributed by atoms with van der Waals surface area (Å²) in [6, 6.07) is 11.2. The van der Waals surface area contributed by atoms with Gasteiger partial charge in [-0.3, -0.25) is 4.79 Å². The summed E-state index contributed by atoms with van der Waals surface area (Å²) < 4.78 is 15.8. The monoisotopic (exact) mass is 402 g/mol. The third-order valence-electron chi connectivity index (χ3n) is 3.53. The number of esters is 1. The molecule has 1 amide bonds. The van der Waals surface area contributed by atoms with Crippen molar-refractivity contribution >= 4 is 29.2 Å². The Morgan fingerprint density at radius 3 is 2.71 bits per heavy atom. The highest BCUT2D eigenvalue weighted by Gasteiger charge is 2.18. The molecule has 0 saturated carbocycles. The maximum absolute atomic E-state index is 12.2. The first kappa shape index (κ1) is 21.1. The molecule has 0 fully saturated rings. The predicted molar refractivity (Wildman–Crippen MR) is 104 cm³/mol. The van der Waals surface area contributed by atoms with E-state index >= 15 is 0 Å². The normalized spacial score (nSPS) is 9.93. The highest BCUT2D eigenvalue weighted by atomic mass is 35.5. The summed E-state index contributed by atoms with van der Waals surface area (Å²) in [6.07, 6.45) is 0.787. The zero-order valence-electron chi connectivity index (χ0n) is 15.5. The number of carbonyl (C=O) groups is 2. The van der Waals surface area contributed by atoms with Gasteiger partial charge in [-0.15, -0.1) is 0 Å². The number of anilines is 1. The number of hydrogen-bond acceptors (Lipinski definition) is 6. The summed E-state index contributed by atoms with van der Waals surface area (Å²) in [6.45, 7) is 1.91. The lowest BCUT2D eigenvalue weighted by Crippen LogP contribution is -2.21. The first-order chi connectivity index (χ1) is 13.5. The first-order valence-corrected chi connectivity index (χ1v) is 8.83. The molecule has 2 aromatic carbocycles. The number of carbonyl (C=O) groups excluding carboxylic acids is 2. The lowest BCUT2D eigenvalue weighted by atomic mass is 10.2. The van der Waals surface area contributed by atoms with Crippen molar-refractivity contribution in [3.63, 3.8) is 0 Å². The molecule has 0 aliphatic rings. The highest BCUT2D eigenvalue weighted by molar-refractivity contribution is 6.32.